The lowest BCUT2D eigenvalue weighted by Gasteiger charge is -2.36. The van der Waals surface area contributed by atoms with Gasteiger partial charge in [0.05, 0.1) is 5.92 Å². The molecule has 1 aliphatic heterocycles. The second-order valence-corrected chi connectivity index (χ2v) is 5.00. The number of hydrogen-bond donors (Lipinski definition) is 2. The van der Waals surface area contributed by atoms with E-state index in [2.05, 4.69) is 10.6 Å². The fraction of sp³-hybridized carbons (Fsp3) is 0.467. The molecule has 5 heteroatoms. The standard InChI is InChI=1S/C15H21N3O2/c1-11(12-6-4-3-5-7-12)15(20)18-9-8-17-10-13(18)14(19)16-2/h3-7,11,13,17H,8-10H2,1-2H3,(H,16,19). The van der Waals surface area contributed by atoms with E-state index in [0.29, 0.717) is 13.1 Å². The first-order valence-corrected chi connectivity index (χ1v) is 6.93. The van der Waals surface area contributed by atoms with Crippen LogP contribution in [0.3, 0.4) is 0 Å². The lowest BCUT2D eigenvalue weighted by atomic mass is 9.98. The van der Waals surface area contributed by atoms with Crippen molar-refractivity contribution in [2.24, 2.45) is 0 Å². The number of benzene rings is 1. The van der Waals surface area contributed by atoms with Crippen molar-refractivity contribution < 1.29 is 9.59 Å². The zero-order chi connectivity index (χ0) is 14.5. The number of carbonyl (C=O) groups is 2. The monoisotopic (exact) mass is 275 g/mol. The quantitative estimate of drug-likeness (QED) is 0.836. The van der Waals surface area contributed by atoms with Crippen LogP contribution in [-0.2, 0) is 9.59 Å². The SMILES string of the molecule is CNC(=O)C1CNCCN1C(=O)C(C)c1ccccc1. The van der Waals surface area contributed by atoms with E-state index in [1.54, 1.807) is 11.9 Å². The minimum atomic E-state index is -0.424. The lowest BCUT2D eigenvalue weighted by Crippen LogP contribution is -2.59. The van der Waals surface area contributed by atoms with Crippen LogP contribution in [0, 0.1) is 0 Å². The number of rotatable bonds is 3. The van der Waals surface area contributed by atoms with Gasteiger partial charge in [0.1, 0.15) is 6.04 Å². The predicted octanol–water partition coefficient (Wildman–Crippen LogP) is 0.337. The number of carbonyl (C=O) groups excluding carboxylic acids is 2. The predicted molar refractivity (Wildman–Crippen MR) is 77.3 cm³/mol. The van der Waals surface area contributed by atoms with E-state index in [9.17, 15) is 9.59 Å². The van der Waals surface area contributed by atoms with Crippen LogP contribution in [-0.4, -0.2) is 49.4 Å². The summed E-state index contributed by atoms with van der Waals surface area (Å²) in [5.41, 5.74) is 0.978. The number of hydrogen-bond acceptors (Lipinski definition) is 3. The van der Waals surface area contributed by atoms with Gasteiger partial charge in [-0.3, -0.25) is 9.59 Å². The summed E-state index contributed by atoms with van der Waals surface area (Å²) in [4.78, 5) is 26.2. The molecular formula is C15H21N3O2. The summed E-state index contributed by atoms with van der Waals surface area (Å²) >= 11 is 0. The largest absolute Gasteiger partial charge is 0.357 e. The Morgan fingerprint density at radius 2 is 2.05 bits per heavy atom. The zero-order valence-electron chi connectivity index (χ0n) is 11.9. The molecule has 1 saturated heterocycles. The fourth-order valence-electron chi connectivity index (χ4n) is 2.50. The maximum atomic E-state index is 12.6. The summed E-state index contributed by atoms with van der Waals surface area (Å²) in [6, 6.07) is 9.24. The third-order valence-electron chi connectivity index (χ3n) is 3.75. The smallest absolute Gasteiger partial charge is 0.243 e. The van der Waals surface area contributed by atoms with Gasteiger partial charge in [0.25, 0.3) is 0 Å². The maximum absolute atomic E-state index is 12.6. The first kappa shape index (κ1) is 14.5. The molecule has 1 aromatic carbocycles. The second-order valence-electron chi connectivity index (χ2n) is 5.00. The summed E-state index contributed by atoms with van der Waals surface area (Å²) in [6.07, 6.45) is 0. The van der Waals surface area contributed by atoms with Crippen LogP contribution in [0.2, 0.25) is 0 Å². The molecule has 20 heavy (non-hydrogen) atoms. The van der Waals surface area contributed by atoms with Gasteiger partial charge >= 0.3 is 0 Å². The lowest BCUT2D eigenvalue weighted by molar-refractivity contribution is -0.142. The zero-order valence-corrected chi connectivity index (χ0v) is 11.9. The molecule has 1 aliphatic rings. The molecule has 2 atom stereocenters. The Kier molecular flexibility index (Phi) is 4.74. The van der Waals surface area contributed by atoms with Crippen LogP contribution >= 0.6 is 0 Å². The fourth-order valence-corrected chi connectivity index (χ4v) is 2.50. The van der Waals surface area contributed by atoms with Gasteiger partial charge in [0.2, 0.25) is 11.8 Å². The van der Waals surface area contributed by atoms with Gasteiger partial charge in [-0.15, -0.1) is 0 Å². The van der Waals surface area contributed by atoms with Gasteiger partial charge in [-0.1, -0.05) is 30.3 Å². The summed E-state index contributed by atoms with van der Waals surface area (Å²) < 4.78 is 0. The molecule has 1 aromatic rings. The van der Waals surface area contributed by atoms with Crippen molar-refractivity contribution in [2.75, 3.05) is 26.7 Å². The minimum Gasteiger partial charge on any atom is -0.357 e. The first-order chi connectivity index (χ1) is 9.65. The number of piperazine rings is 1. The van der Waals surface area contributed by atoms with Crippen molar-refractivity contribution in [1.82, 2.24) is 15.5 Å². The van der Waals surface area contributed by atoms with E-state index in [1.807, 2.05) is 37.3 Å². The molecule has 0 radical (unpaired) electrons. The average molecular weight is 275 g/mol. The van der Waals surface area contributed by atoms with E-state index >= 15 is 0 Å². The van der Waals surface area contributed by atoms with Crippen molar-refractivity contribution in [3.05, 3.63) is 35.9 Å². The number of likely N-dealkylation sites (N-methyl/N-ethyl adjacent to an activating group) is 1. The normalized spacial score (nSPS) is 20.3. The van der Waals surface area contributed by atoms with E-state index in [1.165, 1.54) is 0 Å². The molecule has 0 saturated carbocycles. The number of nitrogens with one attached hydrogen (secondary N) is 2. The molecule has 2 rings (SSSR count). The third kappa shape index (κ3) is 2.99. The van der Waals surface area contributed by atoms with E-state index < -0.39 is 6.04 Å². The Hall–Kier alpha value is -1.88. The van der Waals surface area contributed by atoms with Crippen molar-refractivity contribution in [3.8, 4) is 0 Å². The Balaban J connectivity index is 2.15. The van der Waals surface area contributed by atoms with Crippen LogP contribution in [0.1, 0.15) is 18.4 Å². The highest BCUT2D eigenvalue weighted by molar-refractivity contribution is 5.90. The highest BCUT2D eigenvalue weighted by Gasteiger charge is 2.33. The molecule has 5 nitrogen and oxygen atoms in total. The molecule has 0 bridgehead atoms. The Morgan fingerprint density at radius 1 is 1.35 bits per heavy atom. The number of amides is 2. The average Bonchev–Trinajstić information content (AvgIpc) is 2.53. The first-order valence-electron chi connectivity index (χ1n) is 6.93. The maximum Gasteiger partial charge on any atom is 0.243 e. The van der Waals surface area contributed by atoms with Crippen LogP contribution in [0.15, 0.2) is 30.3 Å². The second kappa shape index (κ2) is 6.52. The van der Waals surface area contributed by atoms with Crippen LogP contribution in [0.25, 0.3) is 0 Å². The summed E-state index contributed by atoms with van der Waals surface area (Å²) in [6.45, 7) is 3.68. The van der Waals surface area contributed by atoms with E-state index in [0.717, 1.165) is 12.1 Å². The van der Waals surface area contributed by atoms with E-state index in [-0.39, 0.29) is 17.7 Å². The van der Waals surface area contributed by atoms with Gasteiger partial charge in [-0.2, -0.15) is 0 Å². The van der Waals surface area contributed by atoms with Gasteiger partial charge in [-0.05, 0) is 12.5 Å². The van der Waals surface area contributed by atoms with Crippen molar-refractivity contribution in [2.45, 2.75) is 18.9 Å². The molecule has 2 N–H and O–H groups in total. The minimum absolute atomic E-state index is 0.00583. The topological polar surface area (TPSA) is 61.4 Å². The van der Waals surface area contributed by atoms with Crippen molar-refractivity contribution >= 4 is 11.8 Å². The molecule has 0 aliphatic carbocycles. The Morgan fingerprint density at radius 3 is 2.70 bits per heavy atom. The third-order valence-corrected chi connectivity index (χ3v) is 3.75. The van der Waals surface area contributed by atoms with Crippen LogP contribution < -0.4 is 10.6 Å². The van der Waals surface area contributed by atoms with Crippen LogP contribution in [0.4, 0.5) is 0 Å². The molecule has 0 spiro atoms. The van der Waals surface area contributed by atoms with Gasteiger partial charge in [0, 0.05) is 26.7 Å². The van der Waals surface area contributed by atoms with Crippen LogP contribution in [0.5, 0.6) is 0 Å². The summed E-state index contributed by atoms with van der Waals surface area (Å²) in [5, 5.41) is 5.78. The molecule has 1 fully saturated rings. The Labute approximate surface area is 119 Å². The van der Waals surface area contributed by atoms with Crippen molar-refractivity contribution in [3.63, 3.8) is 0 Å². The molecular weight excluding hydrogens is 254 g/mol. The molecule has 108 valence electrons. The summed E-state index contributed by atoms with van der Waals surface area (Å²) in [5.74, 6) is -0.349. The molecule has 1 heterocycles. The van der Waals surface area contributed by atoms with E-state index in [4.69, 9.17) is 0 Å². The van der Waals surface area contributed by atoms with Gasteiger partial charge in [-0.25, -0.2) is 0 Å². The van der Waals surface area contributed by atoms with Gasteiger partial charge < -0.3 is 15.5 Å². The summed E-state index contributed by atoms with van der Waals surface area (Å²) in [7, 11) is 1.60. The highest BCUT2D eigenvalue weighted by Crippen LogP contribution is 2.19. The molecule has 2 unspecified atom stereocenters. The van der Waals surface area contributed by atoms with Crippen molar-refractivity contribution in [1.29, 1.82) is 0 Å². The Bertz CT molecular complexity index is 475. The number of nitrogens with zero attached hydrogens (tertiary/aromatic N) is 1. The molecule has 0 aromatic heterocycles. The van der Waals surface area contributed by atoms with Gasteiger partial charge in [0.15, 0.2) is 0 Å². The highest BCUT2D eigenvalue weighted by atomic mass is 16.2. The molecule has 2 amide bonds.